The SMILES string of the molecule is O=C(c1ccc2c(c1)B(O)OC2)N1CCCC1. The van der Waals surface area contributed by atoms with Gasteiger partial charge in [-0.15, -0.1) is 0 Å². The fourth-order valence-corrected chi connectivity index (χ4v) is 2.45. The lowest BCUT2D eigenvalue weighted by Gasteiger charge is -2.15. The first-order valence-corrected chi connectivity index (χ1v) is 5.97. The molecule has 1 saturated heterocycles. The van der Waals surface area contributed by atoms with E-state index in [1.807, 2.05) is 17.0 Å². The average molecular weight is 231 g/mol. The fourth-order valence-electron chi connectivity index (χ4n) is 2.45. The molecule has 0 unspecified atom stereocenters. The average Bonchev–Trinajstić information content (AvgIpc) is 2.98. The molecule has 5 heteroatoms. The molecule has 1 aromatic rings. The van der Waals surface area contributed by atoms with Crippen LogP contribution in [0.4, 0.5) is 0 Å². The molecule has 1 fully saturated rings. The molecular weight excluding hydrogens is 217 g/mol. The number of hydrogen-bond donors (Lipinski definition) is 1. The number of likely N-dealkylation sites (tertiary alicyclic amines) is 1. The number of carbonyl (C=O) groups excluding carboxylic acids is 1. The third-order valence-corrected chi connectivity index (χ3v) is 3.45. The molecule has 3 rings (SSSR count). The maximum atomic E-state index is 12.2. The molecule has 0 radical (unpaired) electrons. The number of rotatable bonds is 1. The van der Waals surface area contributed by atoms with Crippen molar-refractivity contribution in [2.45, 2.75) is 19.4 Å². The Hall–Kier alpha value is -1.33. The van der Waals surface area contributed by atoms with E-state index >= 15 is 0 Å². The number of hydrogen-bond acceptors (Lipinski definition) is 3. The van der Waals surface area contributed by atoms with Crippen LogP contribution in [0.15, 0.2) is 18.2 Å². The Morgan fingerprint density at radius 1 is 1.35 bits per heavy atom. The summed E-state index contributed by atoms with van der Waals surface area (Å²) in [5, 5.41) is 9.61. The molecule has 2 heterocycles. The minimum absolute atomic E-state index is 0.0596. The normalized spacial score (nSPS) is 18.6. The van der Waals surface area contributed by atoms with Crippen LogP contribution in [0, 0.1) is 0 Å². The van der Waals surface area contributed by atoms with Gasteiger partial charge in [0.2, 0.25) is 0 Å². The van der Waals surface area contributed by atoms with E-state index in [4.69, 9.17) is 4.65 Å². The Bertz CT molecular complexity index is 457. The molecular formula is C12H14BNO3. The predicted octanol–water partition coefficient (Wildman–Crippen LogP) is 0.140. The molecule has 1 amide bonds. The van der Waals surface area contributed by atoms with Crippen LogP contribution in [-0.4, -0.2) is 36.0 Å². The molecule has 2 aliphatic heterocycles. The Morgan fingerprint density at radius 2 is 2.12 bits per heavy atom. The van der Waals surface area contributed by atoms with Gasteiger partial charge in [-0.2, -0.15) is 0 Å². The van der Waals surface area contributed by atoms with Gasteiger partial charge in [-0.3, -0.25) is 4.79 Å². The monoisotopic (exact) mass is 231 g/mol. The highest BCUT2D eigenvalue weighted by molar-refractivity contribution is 6.61. The van der Waals surface area contributed by atoms with E-state index in [0.29, 0.717) is 12.2 Å². The van der Waals surface area contributed by atoms with Gasteiger partial charge in [0.05, 0.1) is 6.61 Å². The molecule has 4 nitrogen and oxygen atoms in total. The van der Waals surface area contributed by atoms with Crippen molar-refractivity contribution in [3.05, 3.63) is 29.3 Å². The van der Waals surface area contributed by atoms with Gasteiger partial charge in [0.1, 0.15) is 0 Å². The summed E-state index contributed by atoms with van der Waals surface area (Å²) < 4.78 is 5.11. The summed E-state index contributed by atoms with van der Waals surface area (Å²) in [6, 6.07) is 5.45. The summed E-state index contributed by atoms with van der Waals surface area (Å²) in [6.45, 7) is 2.11. The Balaban J connectivity index is 1.88. The summed E-state index contributed by atoms with van der Waals surface area (Å²) in [7, 11) is -0.878. The fraction of sp³-hybridized carbons (Fsp3) is 0.417. The second-order valence-corrected chi connectivity index (χ2v) is 4.58. The van der Waals surface area contributed by atoms with Gasteiger partial charge in [0.25, 0.3) is 5.91 Å². The Kier molecular flexibility index (Phi) is 2.65. The zero-order valence-corrected chi connectivity index (χ0v) is 9.56. The molecule has 17 heavy (non-hydrogen) atoms. The summed E-state index contributed by atoms with van der Waals surface area (Å²) in [5.41, 5.74) is 2.35. The van der Waals surface area contributed by atoms with Gasteiger partial charge in [-0.05, 0) is 36.0 Å². The number of nitrogens with zero attached hydrogens (tertiary/aromatic N) is 1. The second-order valence-electron chi connectivity index (χ2n) is 4.58. The third kappa shape index (κ3) is 1.85. The van der Waals surface area contributed by atoms with E-state index in [-0.39, 0.29) is 5.91 Å². The van der Waals surface area contributed by atoms with Crippen molar-refractivity contribution in [1.29, 1.82) is 0 Å². The topological polar surface area (TPSA) is 49.8 Å². The van der Waals surface area contributed by atoms with Crippen molar-refractivity contribution >= 4 is 18.5 Å². The first kappa shape index (κ1) is 10.8. The zero-order chi connectivity index (χ0) is 11.8. The molecule has 0 spiro atoms. The first-order chi connectivity index (χ1) is 8.25. The molecule has 2 aliphatic rings. The van der Waals surface area contributed by atoms with E-state index in [1.165, 1.54) is 0 Å². The predicted molar refractivity (Wildman–Crippen MR) is 64.0 cm³/mol. The van der Waals surface area contributed by atoms with Gasteiger partial charge < -0.3 is 14.6 Å². The van der Waals surface area contributed by atoms with Crippen LogP contribution in [0.5, 0.6) is 0 Å². The van der Waals surface area contributed by atoms with Crippen LogP contribution in [0.1, 0.15) is 28.8 Å². The van der Waals surface area contributed by atoms with Crippen molar-refractivity contribution < 1.29 is 14.5 Å². The van der Waals surface area contributed by atoms with Crippen LogP contribution in [0.25, 0.3) is 0 Å². The number of benzene rings is 1. The van der Waals surface area contributed by atoms with E-state index in [0.717, 1.165) is 37.0 Å². The Morgan fingerprint density at radius 3 is 2.88 bits per heavy atom. The molecule has 0 aliphatic carbocycles. The standard InChI is InChI=1S/C12H14BNO3/c15-12(14-5-1-2-6-14)9-3-4-10-8-17-13(16)11(10)7-9/h3-4,7,16H,1-2,5-6,8H2. The van der Waals surface area contributed by atoms with Gasteiger partial charge in [-0.1, -0.05) is 6.07 Å². The zero-order valence-electron chi connectivity index (χ0n) is 9.56. The van der Waals surface area contributed by atoms with Gasteiger partial charge in [-0.25, -0.2) is 0 Å². The van der Waals surface area contributed by atoms with Crippen LogP contribution < -0.4 is 5.46 Å². The van der Waals surface area contributed by atoms with Crippen LogP contribution in [-0.2, 0) is 11.3 Å². The van der Waals surface area contributed by atoms with Gasteiger partial charge in [0, 0.05) is 18.7 Å². The minimum atomic E-state index is -0.878. The lowest BCUT2D eigenvalue weighted by molar-refractivity contribution is 0.0793. The van der Waals surface area contributed by atoms with Crippen LogP contribution in [0.2, 0.25) is 0 Å². The lowest BCUT2D eigenvalue weighted by atomic mass is 9.78. The van der Waals surface area contributed by atoms with Crippen molar-refractivity contribution in [2.24, 2.45) is 0 Å². The van der Waals surface area contributed by atoms with Crippen LogP contribution >= 0.6 is 0 Å². The highest BCUT2D eigenvalue weighted by atomic mass is 16.5. The lowest BCUT2D eigenvalue weighted by Crippen LogP contribution is -2.32. The number of carbonyl (C=O) groups is 1. The van der Waals surface area contributed by atoms with Crippen molar-refractivity contribution in [1.82, 2.24) is 4.90 Å². The molecule has 0 atom stereocenters. The smallest absolute Gasteiger partial charge is 0.423 e. The summed E-state index contributed by atoms with van der Waals surface area (Å²) >= 11 is 0. The van der Waals surface area contributed by atoms with E-state index < -0.39 is 7.12 Å². The largest absolute Gasteiger partial charge is 0.491 e. The Labute approximate surface area is 100 Å². The summed E-state index contributed by atoms with van der Waals surface area (Å²) in [4.78, 5) is 14.0. The minimum Gasteiger partial charge on any atom is -0.423 e. The molecule has 1 aromatic carbocycles. The summed E-state index contributed by atoms with van der Waals surface area (Å²) in [6.07, 6.45) is 2.17. The molecule has 0 aromatic heterocycles. The number of fused-ring (bicyclic) bond motifs is 1. The van der Waals surface area contributed by atoms with Crippen molar-refractivity contribution in [2.75, 3.05) is 13.1 Å². The molecule has 88 valence electrons. The van der Waals surface area contributed by atoms with E-state index in [9.17, 15) is 9.82 Å². The highest BCUT2D eigenvalue weighted by Gasteiger charge is 2.29. The number of amides is 1. The highest BCUT2D eigenvalue weighted by Crippen LogP contribution is 2.15. The van der Waals surface area contributed by atoms with E-state index in [2.05, 4.69) is 0 Å². The van der Waals surface area contributed by atoms with Crippen molar-refractivity contribution in [3.63, 3.8) is 0 Å². The maximum absolute atomic E-state index is 12.2. The van der Waals surface area contributed by atoms with Crippen molar-refractivity contribution in [3.8, 4) is 0 Å². The molecule has 0 bridgehead atoms. The second kappa shape index (κ2) is 4.16. The van der Waals surface area contributed by atoms with Crippen LogP contribution in [0.3, 0.4) is 0 Å². The maximum Gasteiger partial charge on any atom is 0.491 e. The first-order valence-electron chi connectivity index (χ1n) is 5.97. The van der Waals surface area contributed by atoms with E-state index in [1.54, 1.807) is 6.07 Å². The third-order valence-electron chi connectivity index (χ3n) is 3.45. The van der Waals surface area contributed by atoms with Gasteiger partial charge in [0.15, 0.2) is 0 Å². The quantitative estimate of drug-likeness (QED) is 0.699. The van der Waals surface area contributed by atoms with Gasteiger partial charge >= 0.3 is 7.12 Å². The molecule has 1 N–H and O–H groups in total. The summed E-state index contributed by atoms with van der Waals surface area (Å²) in [5.74, 6) is 0.0596. The molecule has 0 saturated carbocycles.